The fourth-order valence-electron chi connectivity index (χ4n) is 4.57. The van der Waals surface area contributed by atoms with Crippen LogP contribution in [0.3, 0.4) is 0 Å². The minimum atomic E-state index is -4.27. The molecule has 6 nitrogen and oxygen atoms in total. The Bertz CT molecular complexity index is 992. The SMILES string of the molecule is CCCCCCCCCCCC[N+](C)(CCCNc1ccc(N)cc1)C(C)C.Cc1ccc(S(=O)(=O)[O-])cc1. The monoisotopic (exact) mass is 561 g/mol. The molecule has 2 rings (SSSR count). The molecule has 0 radical (unpaired) electrons. The van der Waals surface area contributed by atoms with Gasteiger partial charge in [0.05, 0.1) is 31.1 Å². The molecule has 0 aliphatic rings. The number of hydrogen-bond donors (Lipinski definition) is 2. The lowest BCUT2D eigenvalue weighted by Gasteiger charge is -2.39. The molecule has 222 valence electrons. The van der Waals surface area contributed by atoms with Crippen LogP contribution in [0.1, 0.15) is 97.0 Å². The number of aryl methyl sites for hydroxylation is 1. The third-order valence-corrected chi connectivity index (χ3v) is 8.51. The highest BCUT2D eigenvalue weighted by Crippen LogP contribution is 2.17. The Hall–Kier alpha value is -2.09. The lowest BCUT2D eigenvalue weighted by atomic mass is 10.1. The van der Waals surface area contributed by atoms with Crippen LogP contribution in [0.25, 0.3) is 0 Å². The lowest BCUT2D eigenvalue weighted by molar-refractivity contribution is -0.930. The number of rotatable bonds is 18. The summed E-state index contributed by atoms with van der Waals surface area (Å²) >= 11 is 0. The molecular formula is C32H55N3O3S. The molecule has 3 N–H and O–H groups in total. The van der Waals surface area contributed by atoms with E-state index in [9.17, 15) is 13.0 Å². The first-order valence-electron chi connectivity index (χ1n) is 14.9. The summed E-state index contributed by atoms with van der Waals surface area (Å²) in [6.45, 7) is 12.5. The minimum absolute atomic E-state index is 0.178. The Morgan fingerprint density at radius 2 is 1.28 bits per heavy atom. The minimum Gasteiger partial charge on any atom is -0.744 e. The molecule has 0 spiro atoms. The molecule has 0 saturated carbocycles. The number of nitrogens with zero attached hydrogens (tertiary/aromatic N) is 1. The highest BCUT2D eigenvalue weighted by molar-refractivity contribution is 7.85. The van der Waals surface area contributed by atoms with Crippen molar-refractivity contribution in [2.45, 2.75) is 109 Å². The summed E-state index contributed by atoms with van der Waals surface area (Å²) in [6.07, 6.45) is 15.4. The maximum atomic E-state index is 10.4. The van der Waals surface area contributed by atoms with Crippen molar-refractivity contribution in [3.8, 4) is 0 Å². The topological polar surface area (TPSA) is 95.2 Å². The molecular weight excluding hydrogens is 506 g/mol. The van der Waals surface area contributed by atoms with E-state index in [1.54, 1.807) is 12.1 Å². The largest absolute Gasteiger partial charge is 0.744 e. The predicted molar refractivity (Wildman–Crippen MR) is 166 cm³/mol. The molecule has 0 aliphatic carbocycles. The van der Waals surface area contributed by atoms with Crippen LogP contribution < -0.4 is 11.1 Å². The third-order valence-electron chi connectivity index (χ3n) is 7.66. The molecule has 0 aromatic heterocycles. The van der Waals surface area contributed by atoms with Gasteiger partial charge in [0.15, 0.2) is 0 Å². The van der Waals surface area contributed by atoms with E-state index in [2.05, 4.69) is 45.3 Å². The van der Waals surface area contributed by atoms with E-state index in [0.717, 1.165) is 17.8 Å². The second-order valence-corrected chi connectivity index (χ2v) is 12.8. The molecule has 7 heteroatoms. The average Bonchev–Trinajstić information content (AvgIpc) is 2.89. The smallest absolute Gasteiger partial charge is 0.124 e. The number of anilines is 2. The molecule has 0 heterocycles. The first-order chi connectivity index (χ1) is 18.5. The fourth-order valence-corrected chi connectivity index (χ4v) is 5.04. The van der Waals surface area contributed by atoms with Gasteiger partial charge in [-0.3, -0.25) is 0 Å². The van der Waals surface area contributed by atoms with E-state index >= 15 is 0 Å². The molecule has 0 fully saturated rings. The van der Waals surface area contributed by atoms with Gasteiger partial charge in [-0.25, -0.2) is 8.42 Å². The van der Waals surface area contributed by atoms with Gasteiger partial charge < -0.3 is 20.1 Å². The van der Waals surface area contributed by atoms with Gasteiger partial charge in [-0.1, -0.05) is 76.0 Å². The summed E-state index contributed by atoms with van der Waals surface area (Å²) in [5.41, 5.74) is 8.67. The van der Waals surface area contributed by atoms with Gasteiger partial charge in [0.2, 0.25) is 0 Å². The molecule has 2 aromatic rings. The number of nitrogen functional groups attached to an aromatic ring is 1. The van der Waals surface area contributed by atoms with Crippen LogP contribution in [0.5, 0.6) is 0 Å². The average molecular weight is 562 g/mol. The van der Waals surface area contributed by atoms with Crippen molar-refractivity contribution in [1.29, 1.82) is 0 Å². The van der Waals surface area contributed by atoms with Gasteiger partial charge in [0, 0.05) is 24.3 Å². The summed E-state index contributed by atoms with van der Waals surface area (Å²) in [5, 5.41) is 3.53. The second-order valence-electron chi connectivity index (χ2n) is 11.4. The van der Waals surface area contributed by atoms with Gasteiger partial charge in [0.1, 0.15) is 10.1 Å². The van der Waals surface area contributed by atoms with Crippen LogP contribution >= 0.6 is 0 Å². The van der Waals surface area contributed by atoms with Crippen molar-refractivity contribution in [1.82, 2.24) is 0 Å². The molecule has 0 amide bonds. The molecule has 39 heavy (non-hydrogen) atoms. The van der Waals surface area contributed by atoms with E-state index in [0.29, 0.717) is 6.04 Å². The van der Waals surface area contributed by atoms with E-state index in [-0.39, 0.29) is 4.90 Å². The molecule has 0 bridgehead atoms. The Labute approximate surface area is 239 Å². The summed E-state index contributed by atoms with van der Waals surface area (Å²) < 4.78 is 32.4. The Kier molecular flexibility index (Phi) is 17.1. The van der Waals surface area contributed by atoms with E-state index in [4.69, 9.17) is 5.73 Å². The Morgan fingerprint density at radius 1 is 0.795 bits per heavy atom. The maximum Gasteiger partial charge on any atom is 0.124 e. The maximum absolute atomic E-state index is 10.4. The summed E-state index contributed by atoms with van der Waals surface area (Å²) in [7, 11) is -1.82. The van der Waals surface area contributed by atoms with Crippen molar-refractivity contribution >= 4 is 21.5 Å². The number of unbranched alkanes of at least 4 members (excludes halogenated alkanes) is 9. The second kappa shape index (κ2) is 19.1. The van der Waals surface area contributed by atoms with E-state index in [1.807, 2.05) is 19.1 Å². The highest BCUT2D eigenvalue weighted by atomic mass is 32.2. The van der Waals surface area contributed by atoms with E-state index < -0.39 is 10.1 Å². The Balaban J connectivity index is 0.000000573. The highest BCUT2D eigenvalue weighted by Gasteiger charge is 2.24. The fraction of sp³-hybridized carbons (Fsp3) is 0.625. The molecule has 1 atom stereocenters. The van der Waals surface area contributed by atoms with Crippen LogP contribution in [0.15, 0.2) is 53.4 Å². The van der Waals surface area contributed by atoms with Crippen molar-refractivity contribution in [3.63, 3.8) is 0 Å². The van der Waals surface area contributed by atoms with E-state index in [1.165, 1.54) is 106 Å². The quantitative estimate of drug-likeness (QED) is 0.0840. The number of quaternary nitrogens is 1. The zero-order valence-electron chi connectivity index (χ0n) is 25.3. The van der Waals surface area contributed by atoms with Crippen LogP contribution in [0.4, 0.5) is 11.4 Å². The number of nitrogens with one attached hydrogen (secondary N) is 1. The normalized spacial score (nSPS) is 13.0. The third kappa shape index (κ3) is 15.9. The molecule has 0 aliphatic heterocycles. The van der Waals surface area contributed by atoms with Gasteiger partial charge in [-0.05, 0) is 70.0 Å². The van der Waals surface area contributed by atoms with Gasteiger partial charge in [-0.2, -0.15) is 0 Å². The van der Waals surface area contributed by atoms with Gasteiger partial charge >= 0.3 is 0 Å². The first-order valence-corrected chi connectivity index (χ1v) is 16.3. The van der Waals surface area contributed by atoms with Crippen molar-refractivity contribution in [2.24, 2.45) is 0 Å². The zero-order valence-corrected chi connectivity index (χ0v) is 26.1. The van der Waals surface area contributed by atoms with Crippen LogP contribution in [0.2, 0.25) is 0 Å². The van der Waals surface area contributed by atoms with Crippen molar-refractivity contribution < 1.29 is 17.5 Å². The molecule has 0 saturated heterocycles. The van der Waals surface area contributed by atoms with Crippen molar-refractivity contribution in [2.75, 3.05) is 37.7 Å². The lowest BCUT2D eigenvalue weighted by Crippen LogP contribution is -2.51. The van der Waals surface area contributed by atoms with Crippen LogP contribution in [-0.4, -0.2) is 50.2 Å². The van der Waals surface area contributed by atoms with Crippen LogP contribution in [-0.2, 0) is 10.1 Å². The van der Waals surface area contributed by atoms with Gasteiger partial charge in [-0.15, -0.1) is 0 Å². The summed E-state index contributed by atoms with van der Waals surface area (Å²) in [6, 6.07) is 14.5. The number of hydrogen-bond acceptors (Lipinski definition) is 5. The Morgan fingerprint density at radius 3 is 1.77 bits per heavy atom. The number of benzene rings is 2. The predicted octanol–water partition coefficient (Wildman–Crippen LogP) is 7.75. The van der Waals surface area contributed by atoms with Gasteiger partial charge in [0.25, 0.3) is 0 Å². The molecule has 2 aromatic carbocycles. The summed E-state index contributed by atoms with van der Waals surface area (Å²) in [5.74, 6) is 0. The van der Waals surface area contributed by atoms with Crippen molar-refractivity contribution in [3.05, 3.63) is 54.1 Å². The standard InChI is InChI=1S/C25H48N3.C7H8O3S/c1-5-6-7-8-9-10-11-12-13-14-21-28(4,23(2)3)22-15-20-27-25-18-16-24(26)17-19-25;1-6-2-4-7(5-3-6)11(8,9)10/h16-19,23,27H,5-15,20-22,26H2,1-4H3;2-5H,1H3,(H,8,9,10)/q+1;/p-1. The summed E-state index contributed by atoms with van der Waals surface area (Å²) in [4.78, 5) is -0.178. The molecule has 1 unspecified atom stereocenters. The first kappa shape index (κ1) is 34.9. The van der Waals surface area contributed by atoms with Crippen LogP contribution in [0, 0.1) is 6.92 Å². The number of nitrogens with two attached hydrogens (primary N) is 1. The zero-order chi connectivity index (χ0) is 29.2.